The smallest absolute Gasteiger partial charge is 0.279 e. The fourth-order valence-electron chi connectivity index (χ4n) is 1.81. The maximum atomic E-state index is 11.8. The molecule has 1 aliphatic rings. The fourth-order valence-corrected chi connectivity index (χ4v) is 3.83. The van der Waals surface area contributed by atoms with Crippen LogP contribution in [0.2, 0.25) is 0 Å². The van der Waals surface area contributed by atoms with Crippen molar-refractivity contribution in [3.05, 3.63) is 23.8 Å². The molecule has 100 valence electrons. The quantitative estimate of drug-likeness (QED) is 0.904. The highest BCUT2D eigenvalue weighted by Gasteiger charge is 2.24. The van der Waals surface area contributed by atoms with E-state index in [-0.39, 0.29) is 0 Å². The largest absolute Gasteiger partial charge is 0.497 e. The summed E-state index contributed by atoms with van der Waals surface area (Å²) in [5.74, 6) is 1.50. The van der Waals surface area contributed by atoms with E-state index in [2.05, 4.69) is 4.72 Å². The second kappa shape index (κ2) is 5.48. The molecule has 7 heteroatoms. The van der Waals surface area contributed by atoms with E-state index in [1.807, 2.05) is 18.2 Å². The standard InChI is InChI=1S/C11H16N2O3S2/c1-12-18(14,15)13-5-6-17-11-4-3-10(16-2)7-9(11)8-13/h3-4,7,12H,5-6,8H2,1-2H3. The highest BCUT2D eigenvalue weighted by atomic mass is 32.2. The lowest BCUT2D eigenvalue weighted by Crippen LogP contribution is -2.39. The number of methoxy groups -OCH3 is 1. The molecule has 1 aliphatic heterocycles. The number of fused-ring (bicyclic) bond motifs is 1. The van der Waals surface area contributed by atoms with Gasteiger partial charge < -0.3 is 4.74 Å². The lowest BCUT2D eigenvalue weighted by atomic mass is 10.2. The van der Waals surface area contributed by atoms with E-state index in [9.17, 15) is 8.42 Å². The Morgan fingerprint density at radius 3 is 2.89 bits per heavy atom. The molecule has 5 nitrogen and oxygen atoms in total. The molecule has 18 heavy (non-hydrogen) atoms. The van der Waals surface area contributed by atoms with Gasteiger partial charge in [-0.05, 0) is 23.8 Å². The molecule has 0 saturated heterocycles. The molecule has 0 unspecified atom stereocenters. The van der Waals surface area contributed by atoms with Gasteiger partial charge in [0.2, 0.25) is 0 Å². The normalized spacial score (nSPS) is 17.0. The number of thioether (sulfide) groups is 1. The Labute approximate surface area is 112 Å². The van der Waals surface area contributed by atoms with Crippen LogP contribution >= 0.6 is 11.8 Å². The fraction of sp³-hybridized carbons (Fsp3) is 0.455. The van der Waals surface area contributed by atoms with Crippen LogP contribution in [-0.2, 0) is 16.8 Å². The molecule has 0 aliphatic carbocycles. The molecule has 0 saturated carbocycles. The zero-order valence-electron chi connectivity index (χ0n) is 10.3. The summed E-state index contributed by atoms with van der Waals surface area (Å²) in [5.41, 5.74) is 0.982. The molecular formula is C11H16N2O3S2. The number of hydrogen-bond donors (Lipinski definition) is 1. The van der Waals surface area contributed by atoms with E-state index in [0.717, 1.165) is 22.0 Å². The first kappa shape index (κ1) is 13.7. The maximum absolute atomic E-state index is 11.8. The van der Waals surface area contributed by atoms with Crippen LogP contribution in [0.25, 0.3) is 0 Å². The average Bonchev–Trinajstić information content (AvgIpc) is 2.60. The molecule has 1 N–H and O–H groups in total. The number of ether oxygens (including phenoxy) is 1. The summed E-state index contributed by atoms with van der Waals surface area (Å²) < 4.78 is 32.7. The molecule has 0 atom stereocenters. The molecule has 0 amide bonds. The van der Waals surface area contributed by atoms with Crippen molar-refractivity contribution in [2.75, 3.05) is 26.5 Å². The molecule has 0 fully saturated rings. The van der Waals surface area contributed by atoms with Gasteiger partial charge in [0.15, 0.2) is 0 Å². The molecule has 1 aromatic rings. The maximum Gasteiger partial charge on any atom is 0.279 e. The predicted octanol–water partition coefficient (Wildman–Crippen LogP) is 1.07. The van der Waals surface area contributed by atoms with E-state index >= 15 is 0 Å². The molecule has 1 heterocycles. The van der Waals surface area contributed by atoms with Crippen LogP contribution in [0.1, 0.15) is 5.56 Å². The SMILES string of the molecule is CNS(=O)(=O)N1CCSc2ccc(OC)cc2C1. The predicted molar refractivity (Wildman–Crippen MR) is 72.1 cm³/mol. The summed E-state index contributed by atoms with van der Waals surface area (Å²) in [6.45, 7) is 0.882. The van der Waals surface area contributed by atoms with Crippen molar-refractivity contribution < 1.29 is 13.2 Å². The Hall–Kier alpha value is -0.760. The van der Waals surface area contributed by atoms with Gasteiger partial charge in [0.25, 0.3) is 10.2 Å². The first-order valence-electron chi connectivity index (χ1n) is 5.55. The number of benzene rings is 1. The Morgan fingerprint density at radius 1 is 1.44 bits per heavy atom. The van der Waals surface area contributed by atoms with Gasteiger partial charge in [-0.3, -0.25) is 0 Å². The minimum absolute atomic E-state index is 0.378. The first-order chi connectivity index (χ1) is 8.56. The Bertz CT molecular complexity index is 531. The third kappa shape index (κ3) is 2.80. The number of hydrogen-bond acceptors (Lipinski definition) is 4. The molecule has 0 radical (unpaired) electrons. The van der Waals surface area contributed by atoms with Crippen LogP contribution in [0, 0.1) is 0 Å². The summed E-state index contributed by atoms with van der Waals surface area (Å²) in [6, 6.07) is 5.77. The Kier molecular flexibility index (Phi) is 4.16. The summed E-state index contributed by atoms with van der Waals surface area (Å²) in [6.07, 6.45) is 0. The first-order valence-corrected chi connectivity index (χ1v) is 7.97. The highest BCUT2D eigenvalue weighted by Crippen LogP contribution is 2.30. The van der Waals surface area contributed by atoms with Gasteiger partial charge in [0.05, 0.1) is 7.11 Å². The number of rotatable bonds is 3. The van der Waals surface area contributed by atoms with E-state index in [1.54, 1.807) is 18.9 Å². The van der Waals surface area contributed by atoms with Crippen molar-refractivity contribution in [2.45, 2.75) is 11.4 Å². The van der Waals surface area contributed by atoms with Crippen LogP contribution in [0.3, 0.4) is 0 Å². The van der Waals surface area contributed by atoms with Crippen molar-refractivity contribution in [2.24, 2.45) is 0 Å². The van der Waals surface area contributed by atoms with E-state index in [1.165, 1.54) is 11.4 Å². The summed E-state index contributed by atoms with van der Waals surface area (Å²) >= 11 is 1.67. The summed E-state index contributed by atoms with van der Waals surface area (Å²) in [7, 11) is -0.342. The Balaban J connectivity index is 2.33. The van der Waals surface area contributed by atoms with Gasteiger partial charge in [0, 0.05) is 30.8 Å². The average molecular weight is 288 g/mol. The van der Waals surface area contributed by atoms with Crippen LogP contribution in [-0.4, -0.2) is 39.2 Å². The number of nitrogens with zero attached hydrogens (tertiary/aromatic N) is 1. The van der Waals surface area contributed by atoms with Crippen molar-refractivity contribution in [1.82, 2.24) is 9.03 Å². The van der Waals surface area contributed by atoms with E-state index < -0.39 is 10.2 Å². The van der Waals surface area contributed by atoms with Crippen LogP contribution < -0.4 is 9.46 Å². The monoisotopic (exact) mass is 288 g/mol. The zero-order valence-corrected chi connectivity index (χ0v) is 12.0. The molecule has 0 bridgehead atoms. The van der Waals surface area contributed by atoms with Crippen molar-refractivity contribution in [3.63, 3.8) is 0 Å². The third-order valence-corrected chi connectivity index (χ3v) is 5.41. The minimum Gasteiger partial charge on any atom is -0.497 e. The van der Waals surface area contributed by atoms with Crippen LogP contribution in [0.5, 0.6) is 5.75 Å². The second-order valence-corrected chi connectivity index (χ2v) is 6.88. The van der Waals surface area contributed by atoms with E-state index in [0.29, 0.717) is 13.1 Å². The summed E-state index contributed by atoms with van der Waals surface area (Å²) in [4.78, 5) is 1.12. The van der Waals surface area contributed by atoms with Crippen molar-refractivity contribution in [3.8, 4) is 5.75 Å². The molecule has 2 rings (SSSR count). The van der Waals surface area contributed by atoms with Crippen LogP contribution in [0.4, 0.5) is 0 Å². The topological polar surface area (TPSA) is 58.6 Å². The number of nitrogens with one attached hydrogen (secondary N) is 1. The summed E-state index contributed by atoms with van der Waals surface area (Å²) in [5, 5.41) is 0. The second-order valence-electron chi connectivity index (χ2n) is 3.86. The van der Waals surface area contributed by atoms with E-state index in [4.69, 9.17) is 4.74 Å². The van der Waals surface area contributed by atoms with Gasteiger partial charge in [-0.15, -0.1) is 11.8 Å². The van der Waals surface area contributed by atoms with Gasteiger partial charge in [-0.2, -0.15) is 12.7 Å². The zero-order chi connectivity index (χ0) is 13.2. The minimum atomic E-state index is -3.38. The van der Waals surface area contributed by atoms with Gasteiger partial charge in [0.1, 0.15) is 5.75 Å². The van der Waals surface area contributed by atoms with Gasteiger partial charge in [-0.25, -0.2) is 4.72 Å². The molecule has 1 aromatic carbocycles. The van der Waals surface area contributed by atoms with Crippen molar-refractivity contribution in [1.29, 1.82) is 0 Å². The lowest BCUT2D eigenvalue weighted by Gasteiger charge is -2.19. The molecule has 0 spiro atoms. The molecule has 0 aromatic heterocycles. The van der Waals surface area contributed by atoms with Crippen molar-refractivity contribution >= 4 is 22.0 Å². The Morgan fingerprint density at radius 2 is 2.22 bits per heavy atom. The third-order valence-electron chi connectivity index (χ3n) is 2.81. The van der Waals surface area contributed by atoms with Gasteiger partial charge in [-0.1, -0.05) is 0 Å². The highest BCUT2D eigenvalue weighted by molar-refractivity contribution is 7.99. The van der Waals surface area contributed by atoms with Crippen LogP contribution in [0.15, 0.2) is 23.1 Å². The van der Waals surface area contributed by atoms with Gasteiger partial charge >= 0.3 is 0 Å². The molecular weight excluding hydrogens is 272 g/mol. The lowest BCUT2D eigenvalue weighted by molar-refractivity contribution is 0.406.